The summed E-state index contributed by atoms with van der Waals surface area (Å²) in [6.07, 6.45) is 3.50. The molecule has 1 aromatic heterocycles. The van der Waals surface area contributed by atoms with E-state index < -0.39 is 17.7 Å². The van der Waals surface area contributed by atoms with Crippen LogP contribution in [0, 0.1) is 34.0 Å². The topological polar surface area (TPSA) is 123 Å². The number of nitriles is 3. The van der Waals surface area contributed by atoms with Crippen molar-refractivity contribution in [1.29, 1.82) is 15.8 Å². The number of rotatable bonds is 3. The summed E-state index contributed by atoms with van der Waals surface area (Å²) in [6.45, 7) is 1.69. The molecule has 100 valence electrons. The van der Waals surface area contributed by atoms with Gasteiger partial charge in [-0.15, -0.1) is 0 Å². The van der Waals surface area contributed by atoms with Crippen LogP contribution in [-0.2, 0) is 9.53 Å². The van der Waals surface area contributed by atoms with E-state index in [9.17, 15) is 4.79 Å². The Morgan fingerprint density at radius 2 is 1.85 bits per heavy atom. The van der Waals surface area contributed by atoms with Crippen molar-refractivity contribution in [3.63, 3.8) is 0 Å². The molecule has 0 spiro atoms. The molecule has 0 saturated heterocycles. The lowest BCUT2D eigenvalue weighted by molar-refractivity contribution is -0.143. The molecule has 0 bridgehead atoms. The first kappa shape index (κ1) is 16.8. The van der Waals surface area contributed by atoms with Gasteiger partial charge in [-0.2, -0.15) is 15.8 Å². The number of nitrogens with zero attached hydrogens (tertiary/aromatic N) is 5. The first-order valence-electron chi connectivity index (χ1n) is 5.48. The Balaban J connectivity index is 0.000000493. The Morgan fingerprint density at radius 1 is 1.25 bits per heavy atom. The highest BCUT2D eigenvalue weighted by Crippen LogP contribution is 1.94. The Bertz CT molecular complexity index is 520. The minimum Gasteiger partial charge on any atom is -0.464 e. The summed E-state index contributed by atoms with van der Waals surface area (Å²) >= 11 is 0. The van der Waals surface area contributed by atoms with E-state index in [0.717, 1.165) is 0 Å². The number of carbonyl (C=O) groups is 1. The van der Waals surface area contributed by atoms with Crippen molar-refractivity contribution in [1.82, 2.24) is 4.98 Å². The van der Waals surface area contributed by atoms with E-state index in [1.807, 2.05) is 18.2 Å². The maximum absolute atomic E-state index is 11.0. The van der Waals surface area contributed by atoms with Crippen molar-refractivity contribution in [2.24, 2.45) is 4.99 Å². The van der Waals surface area contributed by atoms with Crippen molar-refractivity contribution in [2.45, 2.75) is 13.0 Å². The Kier molecular flexibility index (Phi) is 9.12. The summed E-state index contributed by atoms with van der Waals surface area (Å²) in [6, 6.07) is 8.68. The van der Waals surface area contributed by atoms with Crippen LogP contribution in [0.2, 0.25) is 0 Å². The van der Waals surface area contributed by atoms with Crippen LogP contribution >= 0.6 is 0 Å². The molecular formula is C13H11N5O2. The molecule has 7 heteroatoms. The lowest BCUT2D eigenvalue weighted by atomic mass is 10.3. The molecule has 0 fully saturated rings. The third-order valence-electron chi connectivity index (χ3n) is 1.67. The number of pyridine rings is 1. The van der Waals surface area contributed by atoms with E-state index in [1.54, 1.807) is 19.3 Å². The largest absolute Gasteiger partial charge is 0.464 e. The van der Waals surface area contributed by atoms with E-state index in [-0.39, 0.29) is 6.61 Å². The monoisotopic (exact) mass is 269 g/mol. The average molecular weight is 269 g/mol. The van der Waals surface area contributed by atoms with Gasteiger partial charge in [-0.05, 0) is 19.1 Å². The van der Waals surface area contributed by atoms with Gasteiger partial charge < -0.3 is 4.74 Å². The van der Waals surface area contributed by atoms with Gasteiger partial charge in [0.15, 0.2) is 0 Å². The number of ether oxygens (including phenoxy) is 1. The molecule has 0 aliphatic carbocycles. The fourth-order valence-corrected chi connectivity index (χ4v) is 0.880. The molecular weight excluding hydrogens is 258 g/mol. The zero-order chi connectivity index (χ0) is 15.2. The number of hydrogen-bond donors (Lipinski definition) is 0. The average Bonchev–Trinajstić information content (AvgIpc) is 2.51. The molecule has 20 heavy (non-hydrogen) atoms. The van der Waals surface area contributed by atoms with Crippen LogP contribution in [-0.4, -0.2) is 29.3 Å². The van der Waals surface area contributed by atoms with Crippen LogP contribution in [0.1, 0.15) is 6.92 Å². The number of aliphatic imine (C=N–C) groups is 1. The summed E-state index contributed by atoms with van der Waals surface area (Å²) in [5.74, 6) is -0.863. The van der Waals surface area contributed by atoms with Gasteiger partial charge in [0, 0.05) is 12.4 Å². The summed E-state index contributed by atoms with van der Waals surface area (Å²) in [4.78, 5) is 18.1. The highest BCUT2D eigenvalue weighted by atomic mass is 16.5. The molecule has 0 aromatic carbocycles. The molecule has 1 unspecified atom stereocenters. The predicted molar refractivity (Wildman–Crippen MR) is 68.9 cm³/mol. The summed E-state index contributed by atoms with van der Waals surface area (Å²) in [5, 5.41) is 25.1. The Hall–Kier alpha value is -3.24. The Morgan fingerprint density at radius 3 is 2.15 bits per heavy atom. The number of hydrogen-bond acceptors (Lipinski definition) is 7. The van der Waals surface area contributed by atoms with E-state index in [1.165, 1.54) is 18.2 Å². The third-order valence-corrected chi connectivity index (χ3v) is 1.67. The normalized spacial score (nSPS) is 9.30. The van der Waals surface area contributed by atoms with E-state index in [2.05, 4.69) is 14.7 Å². The van der Waals surface area contributed by atoms with Gasteiger partial charge in [-0.1, -0.05) is 6.07 Å². The minimum atomic E-state index is -1.44. The Labute approximate surface area is 116 Å². The maximum Gasteiger partial charge on any atom is 0.345 e. The van der Waals surface area contributed by atoms with Crippen LogP contribution in [0.5, 0.6) is 0 Å². The zero-order valence-electron chi connectivity index (χ0n) is 10.7. The molecule has 1 aromatic rings. The van der Waals surface area contributed by atoms with Gasteiger partial charge in [0.1, 0.15) is 18.2 Å². The lowest BCUT2D eigenvalue weighted by Gasteiger charge is -2.01. The summed E-state index contributed by atoms with van der Waals surface area (Å²) in [7, 11) is 0. The predicted octanol–water partition coefficient (Wildman–Crippen LogP) is 1.01. The fraction of sp³-hybridized carbons (Fsp3) is 0.231. The molecule has 0 aliphatic rings. The van der Waals surface area contributed by atoms with E-state index in [4.69, 9.17) is 15.8 Å². The highest BCUT2D eigenvalue weighted by molar-refractivity contribution is 6.11. The summed E-state index contributed by atoms with van der Waals surface area (Å²) in [5.41, 5.74) is -0.524. The van der Waals surface area contributed by atoms with Gasteiger partial charge in [0.25, 0.3) is 0 Å². The second-order valence-corrected chi connectivity index (χ2v) is 3.01. The van der Waals surface area contributed by atoms with Gasteiger partial charge in [-0.3, -0.25) is 4.98 Å². The lowest BCUT2D eigenvalue weighted by Crippen LogP contribution is -2.21. The maximum atomic E-state index is 11.0. The first-order chi connectivity index (χ1) is 9.69. The van der Waals surface area contributed by atoms with Crippen LogP contribution in [0.4, 0.5) is 0 Å². The van der Waals surface area contributed by atoms with Crippen LogP contribution < -0.4 is 0 Å². The van der Waals surface area contributed by atoms with Gasteiger partial charge in [-0.25, -0.2) is 9.79 Å². The fourth-order valence-electron chi connectivity index (χ4n) is 0.880. The van der Waals surface area contributed by atoms with Gasteiger partial charge in [0.2, 0.25) is 11.8 Å². The molecule has 0 radical (unpaired) electrons. The van der Waals surface area contributed by atoms with Crippen molar-refractivity contribution < 1.29 is 9.53 Å². The number of aromatic nitrogens is 1. The molecule has 0 saturated carbocycles. The number of carbonyl (C=O) groups excluding carboxylic acids is 1. The van der Waals surface area contributed by atoms with Gasteiger partial charge in [0.05, 0.1) is 6.61 Å². The molecule has 1 heterocycles. The SMILES string of the molecule is CCOC(=O)C(C#N)N=C(C#N)C#N.c1ccncc1. The standard InChI is InChI=1S/C8H6N4O2.C5H5N/c1-2-14-8(13)7(5-11)12-6(3-9)4-10;1-2-4-6-5-3-1/h7H,2H2,1H3;1-5H. The second kappa shape index (κ2) is 10.9. The van der Waals surface area contributed by atoms with Crippen LogP contribution in [0.25, 0.3) is 0 Å². The van der Waals surface area contributed by atoms with Gasteiger partial charge >= 0.3 is 5.97 Å². The quantitative estimate of drug-likeness (QED) is 0.596. The third kappa shape index (κ3) is 7.16. The van der Waals surface area contributed by atoms with Crippen molar-refractivity contribution in [2.75, 3.05) is 6.61 Å². The van der Waals surface area contributed by atoms with Crippen molar-refractivity contribution >= 4 is 11.7 Å². The molecule has 0 amide bonds. The molecule has 1 rings (SSSR count). The van der Waals surface area contributed by atoms with Crippen LogP contribution in [0.15, 0.2) is 35.6 Å². The second-order valence-electron chi connectivity index (χ2n) is 3.01. The molecule has 1 atom stereocenters. The first-order valence-corrected chi connectivity index (χ1v) is 5.48. The van der Waals surface area contributed by atoms with Crippen molar-refractivity contribution in [3.8, 4) is 18.2 Å². The number of esters is 1. The summed E-state index contributed by atoms with van der Waals surface area (Å²) < 4.78 is 4.50. The molecule has 0 aliphatic heterocycles. The van der Waals surface area contributed by atoms with Crippen molar-refractivity contribution in [3.05, 3.63) is 30.6 Å². The minimum absolute atomic E-state index is 0.112. The smallest absolute Gasteiger partial charge is 0.345 e. The van der Waals surface area contributed by atoms with E-state index >= 15 is 0 Å². The molecule has 0 N–H and O–H groups in total. The highest BCUT2D eigenvalue weighted by Gasteiger charge is 2.18. The molecule has 7 nitrogen and oxygen atoms in total. The van der Waals surface area contributed by atoms with Crippen LogP contribution in [0.3, 0.4) is 0 Å². The zero-order valence-corrected chi connectivity index (χ0v) is 10.7. The van der Waals surface area contributed by atoms with E-state index in [0.29, 0.717) is 0 Å².